The van der Waals surface area contributed by atoms with E-state index in [1.807, 2.05) is 0 Å². The predicted molar refractivity (Wildman–Crippen MR) is 82.8 cm³/mol. The third kappa shape index (κ3) is 5.10. The van der Waals surface area contributed by atoms with Gasteiger partial charge in [0.1, 0.15) is 5.82 Å². The van der Waals surface area contributed by atoms with Gasteiger partial charge in [-0.2, -0.15) is 0 Å². The lowest BCUT2D eigenvalue weighted by Crippen LogP contribution is -2.39. The molecule has 1 fully saturated rings. The molecule has 0 aromatic heterocycles. The van der Waals surface area contributed by atoms with Gasteiger partial charge in [-0.05, 0) is 44.1 Å². The number of anilines is 1. The van der Waals surface area contributed by atoms with E-state index in [0.29, 0.717) is 18.2 Å². The molecule has 0 radical (unpaired) electrons. The number of rotatable bonds is 7. The van der Waals surface area contributed by atoms with E-state index >= 15 is 0 Å². The SMILES string of the molecule is CCCN(CCC(=O)Nc1cccc(F)c1)C1CCNC1. The molecule has 1 atom stereocenters. The molecule has 1 saturated heterocycles. The number of hydrogen-bond donors (Lipinski definition) is 2. The van der Waals surface area contributed by atoms with Crippen molar-refractivity contribution >= 4 is 11.6 Å². The lowest BCUT2D eigenvalue weighted by atomic mass is 10.2. The van der Waals surface area contributed by atoms with Crippen LogP contribution in [0.4, 0.5) is 10.1 Å². The second-order valence-electron chi connectivity index (χ2n) is 5.49. The smallest absolute Gasteiger partial charge is 0.225 e. The molecular weight excluding hydrogens is 269 g/mol. The van der Waals surface area contributed by atoms with Gasteiger partial charge >= 0.3 is 0 Å². The average Bonchev–Trinajstić information content (AvgIpc) is 2.97. The van der Waals surface area contributed by atoms with E-state index in [2.05, 4.69) is 22.5 Å². The normalized spacial score (nSPS) is 18.1. The van der Waals surface area contributed by atoms with Gasteiger partial charge < -0.3 is 10.6 Å². The largest absolute Gasteiger partial charge is 0.326 e. The van der Waals surface area contributed by atoms with E-state index in [1.54, 1.807) is 12.1 Å². The topological polar surface area (TPSA) is 44.4 Å². The van der Waals surface area contributed by atoms with Gasteiger partial charge in [0, 0.05) is 31.2 Å². The Bertz CT molecular complexity index is 461. The lowest BCUT2D eigenvalue weighted by molar-refractivity contribution is -0.116. The van der Waals surface area contributed by atoms with Crippen LogP contribution in [0.25, 0.3) is 0 Å². The second kappa shape index (κ2) is 8.10. The molecule has 4 nitrogen and oxygen atoms in total. The third-order valence-corrected chi connectivity index (χ3v) is 3.80. The number of amides is 1. The summed E-state index contributed by atoms with van der Waals surface area (Å²) in [6.07, 6.45) is 2.67. The van der Waals surface area contributed by atoms with Crippen LogP contribution in [-0.2, 0) is 4.79 Å². The molecule has 1 aliphatic rings. The maximum atomic E-state index is 13.1. The highest BCUT2D eigenvalue weighted by Crippen LogP contribution is 2.12. The molecule has 0 bridgehead atoms. The first-order valence-electron chi connectivity index (χ1n) is 7.69. The minimum Gasteiger partial charge on any atom is -0.326 e. The van der Waals surface area contributed by atoms with Crippen LogP contribution in [0.5, 0.6) is 0 Å². The molecule has 0 aliphatic carbocycles. The highest BCUT2D eigenvalue weighted by molar-refractivity contribution is 5.90. The first-order chi connectivity index (χ1) is 10.2. The van der Waals surface area contributed by atoms with E-state index < -0.39 is 0 Å². The van der Waals surface area contributed by atoms with Crippen molar-refractivity contribution < 1.29 is 9.18 Å². The fourth-order valence-corrected chi connectivity index (χ4v) is 2.75. The van der Waals surface area contributed by atoms with Crippen molar-refractivity contribution in [2.24, 2.45) is 0 Å². The number of benzene rings is 1. The van der Waals surface area contributed by atoms with Gasteiger partial charge in [0.15, 0.2) is 0 Å². The Labute approximate surface area is 125 Å². The lowest BCUT2D eigenvalue weighted by Gasteiger charge is -2.27. The minimum atomic E-state index is -0.336. The van der Waals surface area contributed by atoms with Crippen LogP contribution in [0.1, 0.15) is 26.2 Å². The van der Waals surface area contributed by atoms with Crippen molar-refractivity contribution in [2.45, 2.75) is 32.2 Å². The Hall–Kier alpha value is -1.46. The van der Waals surface area contributed by atoms with Crippen molar-refractivity contribution in [1.82, 2.24) is 10.2 Å². The molecule has 1 heterocycles. The molecule has 0 saturated carbocycles. The van der Waals surface area contributed by atoms with Gasteiger partial charge in [-0.3, -0.25) is 9.69 Å². The maximum Gasteiger partial charge on any atom is 0.225 e. The molecule has 116 valence electrons. The summed E-state index contributed by atoms with van der Waals surface area (Å²) in [7, 11) is 0. The third-order valence-electron chi connectivity index (χ3n) is 3.80. The zero-order valence-corrected chi connectivity index (χ0v) is 12.6. The zero-order chi connectivity index (χ0) is 15.1. The standard InChI is InChI=1S/C16H24FN3O/c1-2-9-20(15-6-8-18-12-15)10-7-16(21)19-14-5-3-4-13(17)11-14/h3-5,11,15,18H,2,6-10,12H2,1H3,(H,19,21). The molecule has 2 rings (SSSR count). The van der Waals surface area contributed by atoms with E-state index in [9.17, 15) is 9.18 Å². The van der Waals surface area contributed by atoms with Crippen molar-refractivity contribution in [3.05, 3.63) is 30.1 Å². The summed E-state index contributed by atoms with van der Waals surface area (Å²) in [5, 5.41) is 6.11. The molecule has 1 aromatic rings. The summed E-state index contributed by atoms with van der Waals surface area (Å²) in [5.74, 6) is -0.398. The number of nitrogens with one attached hydrogen (secondary N) is 2. The van der Waals surface area contributed by atoms with Gasteiger partial charge in [-0.1, -0.05) is 13.0 Å². The van der Waals surface area contributed by atoms with Crippen LogP contribution >= 0.6 is 0 Å². The van der Waals surface area contributed by atoms with Crippen LogP contribution in [0.3, 0.4) is 0 Å². The fourth-order valence-electron chi connectivity index (χ4n) is 2.75. The van der Waals surface area contributed by atoms with Gasteiger partial charge in [0.05, 0.1) is 0 Å². The molecule has 5 heteroatoms. The summed E-state index contributed by atoms with van der Waals surface area (Å²) in [6, 6.07) is 6.53. The molecular formula is C16H24FN3O. The van der Waals surface area contributed by atoms with Crippen LogP contribution in [0.2, 0.25) is 0 Å². The number of halogens is 1. The van der Waals surface area contributed by atoms with Crippen LogP contribution in [0.15, 0.2) is 24.3 Å². The highest BCUT2D eigenvalue weighted by atomic mass is 19.1. The van der Waals surface area contributed by atoms with Crippen molar-refractivity contribution in [3.63, 3.8) is 0 Å². The van der Waals surface area contributed by atoms with Gasteiger partial charge in [-0.25, -0.2) is 4.39 Å². The average molecular weight is 293 g/mol. The summed E-state index contributed by atoms with van der Waals surface area (Å²) < 4.78 is 13.1. The van der Waals surface area contributed by atoms with E-state index in [-0.39, 0.29) is 11.7 Å². The molecule has 1 aliphatic heterocycles. The molecule has 1 unspecified atom stereocenters. The Balaban J connectivity index is 1.81. The zero-order valence-electron chi connectivity index (χ0n) is 12.6. The maximum absolute atomic E-state index is 13.1. The van der Waals surface area contributed by atoms with Crippen molar-refractivity contribution in [3.8, 4) is 0 Å². The van der Waals surface area contributed by atoms with Gasteiger partial charge in [-0.15, -0.1) is 0 Å². The van der Waals surface area contributed by atoms with E-state index in [0.717, 1.165) is 39.0 Å². The summed E-state index contributed by atoms with van der Waals surface area (Å²) in [6.45, 7) is 5.98. The van der Waals surface area contributed by atoms with Crippen LogP contribution < -0.4 is 10.6 Å². The highest BCUT2D eigenvalue weighted by Gasteiger charge is 2.21. The summed E-state index contributed by atoms with van der Waals surface area (Å²) in [4.78, 5) is 14.4. The summed E-state index contributed by atoms with van der Waals surface area (Å²) in [5.41, 5.74) is 0.518. The first-order valence-corrected chi connectivity index (χ1v) is 7.69. The van der Waals surface area contributed by atoms with Crippen molar-refractivity contribution in [1.29, 1.82) is 0 Å². The molecule has 2 N–H and O–H groups in total. The van der Waals surface area contributed by atoms with E-state index in [1.165, 1.54) is 12.1 Å². The van der Waals surface area contributed by atoms with Gasteiger partial charge in [0.25, 0.3) is 0 Å². The Morgan fingerprint density at radius 3 is 3.00 bits per heavy atom. The Morgan fingerprint density at radius 1 is 1.48 bits per heavy atom. The minimum absolute atomic E-state index is 0.0624. The van der Waals surface area contributed by atoms with Crippen LogP contribution in [-0.4, -0.2) is 43.0 Å². The van der Waals surface area contributed by atoms with Crippen LogP contribution in [0, 0.1) is 5.82 Å². The Morgan fingerprint density at radius 2 is 2.33 bits per heavy atom. The number of nitrogens with zero attached hydrogens (tertiary/aromatic N) is 1. The molecule has 21 heavy (non-hydrogen) atoms. The molecule has 1 aromatic carbocycles. The summed E-state index contributed by atoms with van der Waals surface area (Å²) >= 11 is 0. The van der Waals surface area contributed by atoms with Crippen molar-refractivity contribution in [2.75, 3.05) is 31.5 Å². The number of carbonyl (C=O) groups is 1. The Kier molecular flexibility index (Phi) is 6.14. The second-order valence-corrected chi connectivity index (χ2v) is 5.49. The molecule has 0 spiro atoms. The number of carbonyl (C=O) groups excluding carboxylic acids is 1. The monoisotopic (exact) mass is 293 g/mol. The predicted octanol–water partition coefficient (Wildman–Crippen LogP) is 2.23. The molecule has 1 amide bonds. The van der Waals surface area contributed by atoms with Gasteiger partial charge in [0.2, 0.25) is 5.91 Å². The fraction of sp³-hybridized carbons (Fsp3) is 0.562. The quantitative estimate of drug-likeness (QED) is 0.810. The van der Waals surface area contributed by atoms with E-state index in [4.69, 9.17) is 0 Å². The number of hydrogen-bond acceptors (Lipinski definition) is 3. The first kappa shape index (κ1) is 15.9.